The first-order valence-electron chi connectivity index (χ1n) is 11.0. The van der Waals surface area contributed by atoms with E-state index in [4.69, 9.17) is 9.05 Å². The largest absolute Gasteiger partial charge is 0.557 e. The Labute approximate surface area is 204 Å². The zero-order chi connectivity index (χ0) is 24.7. The molecule has 0 saturated carbocycles. The zero-order valence-corrected chi connectivity index (χ0v) is 20.3. The first kappa shape index (κ1) is 24.0. The van der Waals surface area contributed by atoms with Crippen molar-refractivity contribution in [2.75, 3.05) is 0 Å². The molecule has 0 unspecified atom stereocenters. The van der Waals surface area contributed by atoms with Gasteiger partial charge >= 0.3 is 7.75 Å². The highest BCUT2D eigenvalue weighted by Crippen LogP contribution is 2.45. The number of hydrogen-bond donors (Lipinski definition) is 1. The van der Waals surface area contributed by atoms with Crippen LogP contribution in [0.1, 0.15) is 27.0 Å². The second-order valence-electron chi connectivity index (χ2n) is 7.93. The number of nitrogens with zero attached hydrogens (tertiary/aromatic N) is 1. The van der Waals surface area contributed by atoms with Gasteiger partial charge in [-0.15, -0.1) is 0 Å². The third-order valence-electron chi connectivity index (χ3n) is 5.08. The van der Waals surface area contributed by atoms with Crippen molar-refractivity contribution in [3.05, 3.63) is 131 Å². The van der Waals surface area contributed by atoms with Crippen molar-refractivity contribution in [1.29, 1.82) is 0 Å². The summed E-state index contributed by atoms with van der Waals surface area (Å²) in [6, 6.07) is 31.8. The first-order chi connectivity index (χ1) is 16.9. The molecule has 0 aromatic heterocycles. The number of aryl methyl sites for hydroxylation is 2. The molecule has 4 rings (SSSR count). The molecule has 0 fully saturated rings. The number of hydrazone groups is 1. The minimum Gasteiger partial charge on any atom is -0.399 e. The molecule has 0 aliphatic carbocycles. The normalized spacial score (nSPS) is 11.5. The quantitative estimate of drug-likeness (QED) is 0.123. The highest BCUT2D eigenvalue weighted by molar-refractivity contribution is 7.52. The predicted molar refractivity (Wildman–Crippen MR) is 138 cm³/mol. The van der Waals surface area contributed by atoms with Gasteiger partial charge in [0.1, 0.15) is 17.2 Å². The number of benzene rings is 4. The molecule has 0 spiro atoms. The summed E-state index contributed by atoms with van der Waals surface area (Å²) in [5, 5.41) is 6.82. The second-order valence-corrected chi connectivity index (χ2v) is 9.49. The molecule has 0 heterocycles. The molecule has 0 aliphatic heterocycles. The number of hydrogen-bond acceptors (Lipinski definition) is 5. The van der Waals surface area contributed by atoms with E-state index in [9.17, 15) is 9.36 Å². The van der Waals surface area contributed by atoms with E-state index < -0.39 is 7.75 Å². The lowest BCUT2D eigenvalue weighted by Crippen LogP contribution is -2.22. The zero-order valence-electron chi connectivity index (χ0n) is 19.4. The van der Waals surface area contributed by atoms with Crippen LogP contribution >= 0.6 is 7.75 Å². The Bertz CT molecular complexity index is 1300. The van der Waals surface area contributed by atoms with Crippen LogP contribution in [0.4, 0.5) is 0 Å². The summed E-state index contributed by atoms with van der Waals surface area (Å²) in [7, 11) is -4.09. The summed E-state index contributed by atoms with van der Waals surface area (Å²) in [6.45, 7) is 3.88. The smallest absolute Gasteiger partial charge is 0.399 e. The Hall–Kier alpha value is -4.15. The van der Waals surface area contributed by atoms with E-state index in [0.717, 1.165) is 11.1 Å². The van der Waals surface area contributed by atoms with Gasteiger partial charge in [0.15, 0.2) is 0 Å². The molecule has 0 aliphatic rings. The Morgan fingerprint density at radius 1 is 0.657 bits per heavy atom. The molecule has 0 atom stereocenters. The topological polar surface area (TPSA) is 77.0 Å². The van der Waals surface area contributed by atoms with Gasteiger partial charge in [-0.05, 0) is 38.1 Å². The summed E-state index contributed by atoms with van der Waals surface area (Å²) in [4.78, 5) is 13.3. The van der Waals surface area contributed by atoms with Crippen molar-refractivity contribution in [2.24, 2.45) is 5.10 Å². The van der Waals surface area contributed by atoms with E-state index in [-0.39, 0.29) is 11.5 Å². The summed E-state index contributed by atoms with van der Waals surface area (Å²) in [5.41, 5.74) is 3.14. The maximum atomic E-state index is 13.8. The Kier molecular flexibility index (Phi) is 7.44. The fourth-order valence-electron chi connectivity index (χ4n) is 3.22. The number of ketones is 1. The maximum Gasteiger partial charge on any atom is 0.557 e. The van der Waals surface area contributed by atoms with Gasteiger partial charge in [-0.3, -0.25) is 4.79 Å². The highest BCUT2D eigenvalue weighted by Gasteiger charge is 2.30. The molecule has 6 nitrogen and oxygen atoms in total. The first-order valence-corrected chi connectivity index (χ1v) is 12.6. The van der Waals surface area contributed by atoms with Crippen LogP contribution in [0.2, 0.25) is 0 Å². The van der Waals surface area contributed by atoms with E-state index in [0.29, 0.717) is 22.6 Å². The molecule has 7 heteroatoms. The van der Waals surface area contributed by atoms with Gasteiger partial charge < -0.3 is 9.05 Å². The fraction of sp³-hybridized carbons (Fsp3) is 0.0714. The van der Waals surface area contributed by atoms with Crippen LogP contribution in [0.25, 0.3) is 0 Å². The standard InChI is InChI=1S/C28H25N2O4P/c1-21-13-17-25(18-14-21)33-35(32,34-26-19-15-22(2)16-20-26)30-29-27(23-9-5-3-6-10-23)28(31)24-11-7-4-8-12-24/h3-20H,1-2H3,(H,30,32)/b29-27+. The molecule has 4 aromatic rings. The van der Waals surface area contributed by atoms with E-state index in [2.05, 4.69) is 10.3 Å². The fourth-order valence-corrected chi connectivity index (χ4v) is 4.36. The maximum absolute atomic E-state index is 13.8. The van der Waals surface area contributed by atoms with Crippen LogP contribution in [0.15, 0.2) is 114 Å². The summed E-state index contributed by atoms with van der Waals surface area (Å²) in [6.07, 6.45) is 0. The summed E-state index contributed by atoms with van der Waals surface area (Å²) < 4.78 is 25.4. The summed E-state index contributed by atoms with van der Waals surface area (Å²) in [5.74, 6) is 0.343. The third kappa shape index (κ3) is 6.46. The van der Waals surface area contributed by atoms with Crippen LogP contribution in [0.5, 0.6) is 11.5 Å². The number of carbonyl (C=O) groups excluding carboxylic acids is 1. The van der Waals surface area contributed by atoms with E-state index in [1.54, 1.807) is 72.8 Å². The van der Waals surface area contributed by atoms with Crippen LogP contribution < -0.4 is 14.2 Å². The van der Waals surface area contributed by atoms with Crippen LogP contribution in [0, 0.1) is 13.8 Å². The van der Waals surface area contributed by atoms with Crippen molar-refractivity contribution >= 4 is 19.2 Å². The van der Waals surface area contributed by atoms with Gasteiger partial charge in [-0.25, -0.2) is 4.57 Å². The number of rotatable bonds is 9. The van der Waals surface area contributed by atoms with E-state index in [1.165, 1.54) is 0 Å². The lowest BCUT2D eigenvalue weighted by Gasteiger charge is -2.19. The van der Waals surface area contributed by atoms with Gasteiger partial charge in [-0.1, -0.05) is 96.1 Å². The van der Waals surface area contributed by atoms with E-state index >= 15 is 0 Å². The summed E-state index contributed by atoms with van der Waals surface area (Å²) >= 11 is 0. The molecule has 0 saturated heterocycles. The lowest BCUT2D eigenvalue weighted by molar-refractivity contribution is 0.106. The molecular formula is C28H25N2O4P. The van der Waals surface area contributed by atoms with Crippen LogP contribution in [-0.4, -0.2) is 11.5 Å². The van der Waals surface area contributed by atoms with Crippen molar-refractivity contribution in [1.82, 2.24) is 5.20 Å². The van der Waals surface area contributed by atoms with Gasteiger partial charge in [0.05, 0.1) is 0 Å². The van der Waals surface area contributed by atoms with E-state index in [1.807, 2.05) is 50.2 Å². The Balaban J connectivity index is 1.71. The molecule has 176 valence electrons. The highest BCUT2D eigenvalue weighted by atomic mass is 31.2. The van der Waals surface area contributed by atoms with Crippen molar-refractivity contribution in [3.63, 3.8) is 0 Å². The van der Waals surface area contributed by atoms with Gasteiger partial charge in [0.25, 0.3) is 0 Å². The molecule has 0 radical (unpaired) electrons. The lowest BCUT2D eigenvalue weighted by atomic mass is 10.0. The average molecular weight is 484 g/mol. The molecule has 1 N–H and O–H groups in total. The van der Waals surface area contributed by atoms with Crippen LogP contribution in [-0.2, 0) is 4.57 Å². The van der Waals surface area contributed by atoms with Gasteiger partial charge in [0, 0.05) is 11.1 Å². The molecule has 4 aromatic carbocycles. The Morgan fingerprint density at radius 2 is 1.09 bits per heavy atom. The number of carbonyl (C=O) groups is 1. The third-order valence-corrected chi connectivity index (χ3v) is 6.32. The van der Waals surface area contributed by atoms with Crippen LogP contribution in [0.3, 0.4) is 0 Å². The molecular weight excluding hydrogens is 459 g/mol. The molecule has 35 heavy (non-hydrogen) atoms. The van der Waals surface area contributed by atoms with Crippen molar-refractivity contribution < 1.29 is 18.4 Å². The number of Topliss-reactive ketones (excluding diaryl/α,β-unsaturated/α-hetero) is 1. The second kappa shape index (κ2) is 10.9. The molecule has 0 bridgehead atoms. The van der Waals surface area contributed by atoms with Crippen molar-refractivity contribution in [2.45, 2.75) is 13.8 Å². The predicted octanol–water partition coefficient (Wildman–Crippen LogP) is 6.75. The van der Waals surface area contributed by atoms with Gasteiger partial charge in [0.2, 0.25) is 5.78 Å². The van der Waals surface area contributed by atoms with Gasteiger partial charge in [-0.2, -0.15) is 10.3 Å². The monoisotopic (exact) mass is 484 g/mol. The molecule has 0 amide bonds. The minimum absolute atomic E-state index is 0.0806. The number of nitrogens with one attached hydrogen (secondary N) is 1. The van der Waals surface area contributed by atoms with Crippen molar-refractivity contribution in [3.8, 4) is 11.5 Å². The average Bonchev–Trinajstić information content (AvgIpc) is 2.88. The minimum atomic E-state index is -4.09. The Morgan fingerprint density at radius 3 is 1.54 bits per heavy atom. The SMILES string of the molecule is Cc1ccc(OP(=O)(N/N=C(/C(=O)c2ccccc2)c2ccccc2)Oc2ccc(C)cc2)cc1.